The van der Waals surface area contributed by atoms with Crippen LogP contribution in [0.15, 0.2) is 11.6 Å². The van der Waals surface area contributed by atoms with Gasteiger partial charge in [-0.25, -0.2) is 0 Å². The fourth-order valence-electron chi connectivity index (χ4n) is 8.49. The fraction of sp³-hybridized carbons (Fsp3) is 0.889. The van der Waals surface area contributed by atoms with Gasteiger partial charge in [0, 0.05) is 12.8 Å². The van der Waals surface area contributed by atoms with Crippen molar-refractivity contribution in [3.63, 3.8) is 0 Å². The number of ketones is 1. The van der Waals surface area contributed by atoms with Gasteiger partial charge in [-0.05, 0) is 78.4 Å². The van der Waals surface area contributed by atoms with Crippen LogP contribution in [-0.4, -0.2) is 17.0 Å². The second-order valence-corrected chi connectivity index (χ2v) is 12.1. The van der Waals surface area contributed by atoms with Gasteiger partial charge in [0.15, 0.2) is 0 Å². The molecule has 0 aliphatic heterocycles. The number of aliphatic hydroxyl groups is 1. The minimum absolute atomic E-state index is 0.153. The zero-order valence-electron chi connectivity index (χ0n) is 19.5. The van der Waals surface area contributed by atoms with E-state index in [1.807, 2.05) is 0 Å². The molecule has 0 amide bonds. The van der Waals surface area contributed by atoms with Gasteiger partial charge < -0.3 is 5.11 Å². The molecule has 3 fully saturated rings. The number of carbonyl (C=O) groups excluding carboxylic acids is 1. The summed E-state index contributed by atoms with van der Waals surface area (Å²) >= 11 is 0. The summed E-state index contributed by atoms with van der Waals surface area (Å²) in [6.45, 7) is 12.2. The van der Waals surface area contributed by atoms with E-state index in [0.29, 0.717) is 35.4 Å². The van der Waals surface area contributed by atoms with Crippen LogP contribution in [0.3, 0.4) is 0 Å². The molecule has 3 saturated carbocycles. The van der Waals surface area contributed by atoms with Crippen LogP contribution in [0, 0.1) is 46.3 Å². The molecule has 0 saturated heterocycles. The summed E-state index contributed by atoms with van der Waals surface area (Å²) < 4.78 is 0. The van der Waals surface area contributed by atoms with E-state index in [9.17, 15) is 9.90 Å². The predicted molar refractivity (Wildman–Crippen MR) is 119 cm³/mol. The van der Waals surface area contributed by atoms with E-state index >= 15 is 0 Å². The fourth-order valence-corrected chi connectivity index (χ4v) is 8.49. The Labute approximate surface area is 178 Å². The highest BCUT2D eigenvalue weighted by atomic mass is 16.3. The average Bonchev–Trinajstić information content (AvgIpc) is 3.00. The van der Waals surface area contributed by atoms with E-state index in [-0.39, 0.29) is 11.5 Å². The summed E-state index contributed by atoms with van der Waals surface area (Å²) in [5.41, 5.74) is 1.81. The van der Waals surface area contributed by atoms with Gasteiger partial charge in [-0.15, -0.1) is 0 Å². The summed E-state index contributed by atoms with van der Waals surface area (Å²) in [7, 11) is 0. The second-order valence-electron chi connectivity index (χ2n) is 12.1. The SMILES string of the molecule is CC(C)CCC[C@@H](C)C1CCC2C3C(O)C=C4CC(=O)CC[C@]4(C)C3CC[C@@]21C. The number of carbonyl (C=O) groups is 1. The van der Waals surface area contributed by atoms with Crippen molar-refractivity contribution in [2.75, 3.05) is 0 Å². The van der Waals surface area contributed by atoms with Crippen molar-refractivity contribution in [2.45, 2.75) is 105 Å². The summed E-state index contributed by atoms with van der Waals surface area (Å²) in [6.07, 6.45) is 13.4. The van der Waals surface area contributed by atoms with Crippen LogP contribution in [0.2, 0.25) is 0 Å². The molecule has 5 unspecified atom stereocenters. The Bertz CT molecular complexity index is 663. The molecule has 0 aromatic rings. The van der Waals surface area contributed by atoms with Crippen LogP contribution in [0.5, 0.6) is 0 Å². The molecule has 164 valence electrons. The van der Waals surface area contributed by atoms with Gasteiger partial charge in [0.2, 0.25) is 0 Å². The van der Waals surface area contributed by atoms with Gasteiger partial charge in [0.05, 0.1) is 6.10 Å². The molecule has 8 atom stereocenters. The Hall–Kier alpha value is -0.630. The van der Waals surface area contributed by atoms with E-state index < -0.39 is 0 Å². The Morgan fingerprint density at radius 3 is 2.55 bits per heavy atom. The maximum Gasteiger partial charge on any atom is 0.136 e. The maximum atomic E-state index is 12.1. The summed E-state index contributed by atoms with van der Waals surface area (Å²) in [5.74, 6) is 4.43. The van der Waals surface area contributed by atoms with Gasteiger partial charge in [0.1, 0.15) is 5.78 Å². The molecule has 0 aromatic carbocycles. The molecule has 4 rings (SSSR count). The molecular weight excluding hydrogens is 356 g/mol. The third-order valence-corrected chi connectivity index (χ3v) is 10.2. The molecule has 29 heavy (non-hydrogen) atoms. The minimum atomic E-state index is -0.339. The first-order valence-corrected chi connectivity index (χ1v) is 12.6. The highest BCUT2D eigenvalue weighted by Gasteiger charge is 2.61. The number of Topliss-reactive ketones (excluding diaryl/α,β-unsaturated/α-hetero) is 1. The Balaban J connectivity index is 1.54. The molecule has 0 bridgehead atoms. The summed E-state index contributed by atoms with van der Waals surface area (Å²) in [6, 6.07) is 0. The van der Waals surface area contributed by atoms with Crippen molar-refractivity contribution in [1.29, 1.82) is 0 Å². The molecule has 0 spiro atoms. The van der Waals surface area contributed by atoms with Crippen LogP contribution in [0.4, 0.5) is 0 Å². The minimum Gasteiger partial charge on any atom is -0.389 e. The van der Waals surface area contributed by atoms with Crippen molar-refractivity contribution >= 4 is 5.78 Å². The first-order chi connectivity index (χ1) is 13.7. The zero-order valence-corrected chi connectivity index (χ0v) is 19.5. The lowest BCUT2D eigenvalue weighted by molar-refractivity contribution is -0.125. The van der Waals surface area contributed by atoms with Crippen LogP contribution in [0.1, 0.15) is 98.8 Å². The Morgan fingerprint density at radius 2 is 1.83 bits per heavy atom. The number of aliphatic hydroxyl groups excluding tert-OH is 1. The number of fused-ring (bicyclic) bond motifs is 5. The molecule has 1 N–H and O–H groups in total. The van der Waals surface area contributed by atoms with Gasteiger partial charge in [-0.3, -0.25) is 4.79 Å². The highest BCUT2D eigenvalue weighted by molar-refractivity contribution is 5.82. The third-order valence-electron chi connectivity index (χ3n) is 10.2. The quantitative estimate of drug-likeness (QED) is 0.530. The molecule has 0 radical (unpaired) electrons. The summed E-state index contributed by atoms with van der Waals surface area (Å²) in [4.78, 5) is 12.1. The molecule has 2 heteroatoms. The van der Waals surface area contributed by atoms with Crippen LogP contribution in [-0.2, 0) is 4.79 Å². The van der Waals surface area contributed by atoms with Crippen molar-refractivity contribution < 1.29 is 9.90 Å². The lowest BCUT2D eigenvalue weighted by Crippen LogP contribution is -2.54. The molecule has 4 aliphatic carbocycles. The van der Waals surface area contributed by atoms with E-state index in [4.69, 9.17) is 0 Å². The number of hydrogen-bond donors (Lipinski definition) is 1. The predicted octanol–water partition coefficient (Wildman–Crippen LogP) is 6.57. The average molecular weight is 401 g/mol. The number of rotatable bonds is 5. The topological polar surface area (TPSA) is 37.3 Å². The first-order valence-electron chi connectivity index (χ1n) is 12.6. The van der Waals surface area contributed by atoms with Crippen molar-refractivity contribution in [3.8, 4) is 0 Å². The standard InChI is InChI=1S/C27H44O2/c1-17(2)7-6-8-18(3)21-9-10-22-25-23(12-14-27(21,22)5)26(4)13-11-20(28)15-19(26)16-24(25)29/h16-18,21-25,29H,6-15H2,1-5H3/t18-,21?,22?,23?,24?,25?,26+,27-/m1/s1. The number of allylic oxidation sites excluding steroid dienone is 1. The monoisotopic (exact) mass is 400 g/mol. The lowest BCUT2D eigenvalue weighted by Gasteiger charge is -2.59. The van der Waals surface area contributed by atoms with Gasteiger partial charge in [0.25, 0.3) is 0 Å². The summed E-state index contributed by atoms with van der Waals surface area (Å²) in [5, 5.41) is 11.2. The van der Waals surface area contributed by atoms with Crippen molar-refractivity contribution in [1.82, 2.24) is 0 Å². The van der Waals surface area contributed by atoms with E-state index in [1.165, 1.54) is 50.5 Å². The molecular formula is C27H44O2. The normalized spacial score (nSPS) is 45.4. The Morgan fingerprint density at radius 1 is 1.07 bits per heavy atom. The maximum absolute atomic E-state index is 12.1. The second kappa shape index (κ2) is 7.81. The zero-order chi connectivity index (χ0) is 21.0. The molecule has 2 nitrogen and oxygen atoms in total. The Kier molecular flexibility index (Phi) is 5.82. The van der Waals surface area contributed by atoms with E-state index in [1.54, 1.807) is 0 Å². The largest absolute Gasteiger partial charge is 0.389 e. The van der Waals surface area contributed by atoms with Crippen LogP contribution >= 0.6 is 0 Å². The van der Waals surface area contributed by atoms with E-state index in [0.717, 1.165) is 30.6 Å². The number of hydrogen-bond acceptors (Lipinski definition) is 2. The van der Waals surface area contributed by atoms with Crippen LogP contribution < -0.4 is 0 Å². The molecule has 4 aliphatic rings. The van der Waals surface area contributed by atoms with Gasteiger partial charge in [-0.1, -0.05) is 65.5 Å². The van der Waals surface area contributed by atoms with Crippen LogP contribution in [0.25, 0.3) is 0 Å². The van der Waals surface area contributed by atoms with Crippen molar-refractivity contribution in [2.24, 2.45) is 46.3 Å². The molecule has 0 heterocycles. The highest BCUT2D eigenvalue weighted by Crippen LogP contribution is 2.67. The van der Waals surface area contributed by atoms with Gasteiger partial charge >= 0.3 is 0 Å². The van der Waals surface area contributed by atoms with Gasteiger partial charge in [-0.2, -0.15) is 0 Å². The van der Waals surface area contributed by atoms with E-state index in [2.05, 4.69) is 40.7 Å². The van der Waals surface area contributed by atoms with Crippen molar-refractivity contribution in [3.05, 3.63) is 11.6 Å². The first kappa shape index (κ1) is 21.6. The third kappa shape index (κ3) is 3.56. The smallest absolute Gasteiger partial charge is 0.136 e. The molecule has 0 aromatic heterocycles. The lowest BCUT2D eigenvalue weighted by atomic mass is 9.46.